The third kappa shape index (κ3) is 2.93. The number of nitrogens with one attached hydrogen (secondary N) is 1. The summed E-state index contributed by atoms with van der Waals surface area (Å²) in [6.07, 6.45) is 1.23. The summed E-state index contributed by atoms with van der Waals surface area (Å²) in [7, 11) is 0. The van der Waals surface area contributed by atoms with Gasteiger partial charge in [-0.25, -0.2) is 14.3 Å². The molecule has 7 heteroatoms. The van der Waals surface area contributed by atoms with Crippen molar-refractivity contribution in [2.24, 2.45) is 0 Å². The number of hydroxylamine groups is 1. The molecule has 124 valence electrons. The predicted octanol–water partition coefficient (Wildman–Crippen LogP) is 3.64. The smallest absolute Gasteiger partial charge is 0.274 e. The first-order valence-electron chi connectivity index (χ1n) is 7.16. The van der Waals surface area contributed by atoms with Gasteiger partial charge in [0.05, 0.1) is 5.52 Å². The van der Waals surface area contributed by atoms with Gasteiger partial charge >= 0.3 is 0 Å². The second kappa shape index (κ2) is 6.29. The van der Waals surface area contributed by atoms with E-state index < -0.39 is 23.8 Å². The maximum atomic E-state index is 13.3. The summed E-state index contributed by atoms with van der Waals surface area (Å²) in [6.45, 7) is 1.74. The monoisotopic (exact) mass is 332 g/mol. The highest BCUT2D eigenvalue weighted by molar-refractivity contribution is 5.97. The van der Waals surface area contributed by atoms with Crippen LogP contribution in [0.5, 0.6) is 5.75 Å². The molecule has 0 saturated carbocycles. The summed E-state index contributed by atoms with van der Waals surface area (Å²) >= 11 is 0. The molecular formula is C17H14F2N2O3. The average Bonchev–Trinajstić information content (AvgIpc) is 3.00. The third-order valence-corrected chi connectivity index (χ3v) is 3.68. The quantitative estimate of drug-likeness (QED) is 0.566. The van der Waals surface area contributed by atoms with Crippen molar-refractivity contribution in [3.05, 3.63) is 65.9 Å². The molecule has 24 heavy (non-hydrogen) atoms. The molecule has 0 aliphatic rings. The van der Waals surface area contributed by atoms with E-state index in [2.05, 4.69) is 0 Å². The molecule has 3 aromatic rings. The highest BCUT2D eigenvalue weighted by atomic mass is 19.2. The lowest BCUT2D eigenvalue weighted by Crippen LogP contribution is -2.18. The van der Waals surface area contributed by atoms with E-state index in [1.807, 2.05) is 6.07 Å². The Morgan fingerprint density at radius 3 is 2.67 bits per heavy atom. The summed E-state index contributed by atoms with van der Waals surface area (Å²) < 4.78 is 33.6. The van der Waals surface area contributed by atoms with Crippen LogP contribution in [0.2, 0.25) is 0 Å². The number of nitrogens with zero attached hydrogens (tertiary/aromatic N) is 1. The summed E-state index contributed by atoms with van der Waals surface area (Å²) in [5.74, 6) is -2.37. The maximum Gasteiger partial charge on any atom is 0.274 e. The number of aromatic nitrogens is 1. The Bertz CT molecular complexity index is 908. The minimum absolute atomic E-state index is 0.188. The van der Waals surface area contributed by atoms with E-state index >= 15 is 0 Å². The van der Waals surface area contributed by atoms with E-state index in [-0.39, 0.29) is 11.3 Å². The second-order valence-electron chi connectivity index (χ2n) is 5.23. The SMILES string of the molecule is CC(Oc1ccc(F)c(F)c1)n1ccc2ccc(C(=O)NO)cc21. The van der Waals surface area contributed by atoms with E-state index in [0.717, 1.165) is 17.5 Å². The molecule has 0 spiro atoms. The summed E-state index contributed by atoms with van der Waals surface area (Å²) in [5.41, 5.74) is 2.56. The van der Waals surface area contributed by atoms with Crippen LogP contribution in [0.1, 0.15) is 23.5 Å². The van der Waals surface area contributed by atoms with E-state index in [9.17, 15) is 13.6 Å². The fourth-order valence-electron chi connectivity index (χ4n) is 2.48. The minimum Gasteiger partial charge on any atom is -0.470 e. The van der Waals surface area contributed by atoms with Gasteiger partial charge in [-0.15, -0.1) is 0 Å². The normalized spacial score (nSPS) is 12.2. The Hall–Kier alpha value is -2.93. The minimum atomic E-state index is -0.987. The van der Waals surface area contributed by atoms with Crippen molar-refractivity contribution in [2.75, 3.05) is 0 Å². The Labute approximate surface area is 136 Å². The van der Waals surface area contributed by atoms with Crippen LogP contribution < -0.4 is 10.2 Å². The molecule has 1 aromatic heterocycles. The predicted molar refractivity (Wildman–Crippen MR) is 82.9 cm³/mol. The van der Waals surface area contributed by atoms with Crippen molar-refractivity contribution in [1.82, 2.24) is 10.0 Å². The van der Waals surface area contributed by atoms with Crippen molar-refractivity contribution in [3.8, 4) is 5.75 Å². The van der Waals surface area contributed by atoms with Crippen molar-refractivity contribution < 1.29 is 23.5 Å². The number of fused-ring (bicyclic) bond motifs is 1. The van der Waals surface area contributed by atoms with Crippen molar-refractivity contribution in [1.29, 1.82) is 0 Å². The number of hydrogen-bond donors (Lipinski definition) is 2. The van der Waals surface area contributed by atoms with E-state index in [4.69, 9.17) is 9.94 Å². The lowest BCUT2D eigenvalue weighted by Gasteiger charge is -2.18. The number of hydrogen-bond acceptors (Lipinski definition) is 3. The Kier molecular flexibility index (Phi) is 4.18. The fourth-order valence-corrected chi connectivity index (χ4v) is 2.48. The molecule has 0 aliphatic carbocycles. The van der Waals surface area contributed by atoms with Gasteiger partial charge in [0.25, 0.3) is 5.91 Å². The van der Waals surface area contributed by atoms with Crippen LogP contribution in [-0.2, 0) is 0 Å². The number of carbonyl (C=O) groups is 1. The van der Waals surface area contributed by atoms with Gasteiger partial charge in [0.15, 0.2) is 17.9 Å². The van der Waals surface area contributed by atoms with Gasteiger partial charge in [0.1, 0.15) is 5.75 Å². The first kappa shape index (κ1) is 15.9. The van der Waals surface area contributed by atoms with Crippen LogP contribution in [0, 0.1) is 11.6 Å². The van der Waals surface area contributed by atoms with Crippen molar-refractivity contribution in [3.63, 3.8) is 0 Å². The number of rotatable bonds is 4. The summed E-state index contributed by atoms with van der Waals surface area (Å²) in [4.78, 5) is 11.5. The molecule has 1 atom stereocenters. The standard InChI is InChI=1S/C17H14F2N2O3/c1-10(24-13-4-5-14(18)15(19)9-13)21-7-6-11-2-3-12(8-16(11)21)17(22)20-23/h2-10,23H,1H3,(H,20,22). The highest BCUT2D eigenvalue weighted by Crippen LogP contribution is 2.25. The average molecular weight is 332 g/mol. The number of amides is 1. The van der Waals surface area contributed by atoms with Gasteiger partial charge in [0.2, 0.25) is 0 Å². The molecule has 1 amide bonds. The molecule has 0 aliphatic heterocycles. The van der Waals surface area contributed by atoms with E-state index in [0.29, 0.717) is 5.52 Å². The molecule has 0 bridgehead atoms. The first-order chi connectivity index (χ1) is 11.5. The topological polar surface area (TPSA) is 63.5 Å². The zero-order valence-corrected chi connectivity index (χ0v) is 12.7. The highest BCUT2D eigenvalue weighted by Gasteiger charge is 2.13. The summed E-state index contributed by atoms with van der Waals surface area (Å²) in [6, 6.07) is 10.1. The first-order valence-corrected chi connectivity index (χ1v) is 7.16. The van der Waals surface area contributed by atoms with Gasteiger partial charge in [-0.1, -0.05) is 6.07 Å². The molecule has 0 fully saturated rings. The zero-order chi connectivity index (χ0) is 17.3. The van der Waals surface area contributed by atoms with Crippen LogP contribution in [0.25, 0.3) is 10.9 Å². The van der Waals surface area contributed by atoms with Crippen LogP contribution in [0.4, 0.5) is 8.78 Å². The summed E-state index contributed by atoms with van der Waals surface area (Å²) in [5, 5.41) is 9.60. The fraction of sp³-hybridized carbons (Fsp3) is 0.118. The Balaban J connectivity index is 1.92. The molecule has 1 unspecified atom stereocenters. The Morgan fingerprint density at radius 2 is 1.96 bits per heavy atom. The second-order valence-corrected chi connectivity index (χ2v) is 5.23. The van der Waals surface area contributed by atoms with Crippen molar-refractivity contribution >= 4 is 16.8 Å². The molecule has 5 nitrogen and oxygen atoms in total. The maximum absolute atomic E-state index is 13.3. The number of halogens is 2. The molecule has 0 saturated heterocycles. The molecule has 2 N–H and O–H groups in total. The molecule has 3 rings (SSSR count). The Morgan fingerprint density at radius 1 is 1.17 bits per heavy atom. The lowest BCUT2D eigenvalue weighted by atomic mass is 10.1. The molecule has 1 heterocycles. The molecule has 2 aromatic carbocycles. The lowest BCUT2D eigenvalue weighted by molar-refractivity contribution is 0.0706. The van der Waals surface area contributed by atoms with E-state index in [1.165, 1.54) is 6.07 Å². The van der Waals surface area contributed by atoms with Crippen molar-refractivity contribution in [2.45, 2.75) is 13.2 Å². The van der Waals surface area contributed by atoms with Gasteiger partial charge in [0, 0.05) is 17.8 Å². The van der Waals surface area contributed by atoms with Gasteiger partial charge in [-0.3, -0.25) is 10.0 Å². The van der Waals surface area contributed by atoms with Crippen LogP contribution in [0.3, 0.4) is 0 Å². The van der Waals surface area contributed by atoms with Crippen LogP contribution >= 0.6 is 0 Å². The van der Waals surface area contributed by atoms with E-state index in [1.54, 1.807) is 41.4 Å². The molecular weight excluding hydrogens is 318 g/mol. The van der Waals surface area contributed by atoms with Crippen LogP contribution in [-0.4, -0.2) is 15.7 Å². The number of benzene rings is 2. The van der Waals surface area contributed by atoms with Crippen LogP contribution in [0.15, 0.2) is 48.7 Å². The molecule has 0 radical (unpaired) electrons. The van der Waals surface area contributed by atoms with Gasteiger partial charge < -0.3 is 9.30 Å². The zero-order valence-electron chi connectivity index (χ0n) is 12.7. The number of carbonyl (C=O) groups excluding carboxylic acids is 1. The van der Waals surface area contributed by atoms with Gasteiger partial charge in [-0.05, 0) is 42.6 Å². The largest absolute Gasteiger partial charge is 0.470 e. The third-order valence-electron chi connectivity index (χ3n) is 3.68. The number of ether oxygens (including phenoxy) is 1. The van der Waals surface area contributed by atoms with Gasteiger partial charge in [-0.2, -0.15) is 0 Å².